The molecule has 1 heterocycles. The lowest BCUT2D eigenvalue weighted by atomic mass is 9.89. The Morgan fingerprint density at radius 2 is 2.35 bits per heavy atom. The van der Waals surface area contributed by atoms with Crippen molar-refractivity contribution in [3.8, 4) is 0 Å². The van der Waals surface area contributed by atoms with Gasteiger partial charge in [-0.3, -0.25) is 0 Å². The van der Waals surface area contributed by atoms with Crippen molar-refractivity contribution in [2.45, 2.75) is 18.9 Å². The maximum atomic E-state index is 14.0. The predicted octanol–water partition coefficient (Wildman–Crippen LogP) is 3.18. The van der Waals surface area contributed by atoms with Crippen molar-refractivity contribution in [3.05, 3.63) is 34.6 Å². The topological polar surface area (TPSA) is 30.5 Å². The van der Waals surface area contributed by atoms with Crippen molar-refractivity contribution < 1.29 is 13.9 Å². The van der Waals surface area contributed by atoms with Crippen LogP contribution in [0.15, 0.2) is 18.2 Å². The molecule has 3 nitrogen and oxygen atoms in total. The molecule has 1 aliphatic heterocycles. The van der Waals surface area contributed by atoms with E-state index in [9.17, 15) is 4.39 Å². The molecule has 0 radical (unpaired) electrons. The quantitative estimate of drug-likeness (QED) is 0.819. The lowest BCUT2D eigenvalue weighted by Gasteiger charge is -2.32. The van der Waals surface area contributed by atoms with E-state index in [-0.39, 0.29) is 17.8 Å². The summed E-state index contributed by atoms with van der Waals surface area (Å²) in [4.78, 5) is 0. The van der Waals surface area contributed by atoms with Crippen LogP contribution in [0.5, 0.6) is 0 Å². The van der Waals surface area contributed by atoms with Gasteiger partial charge in [0.25, 0.3) is 0 Å². The second kappa shape index (κ2) is 7.93. The highest BCUT2D eigenvalue weighted by molar-refractivity contribution is 6.30. The summed E-state index contributed by atoms with van der Waals surface area (Å²) in [5.41, 5.74) is 0.604. The van der Waals surface area contributed by atoms with Crippen LogP contribution in [0.25, 0.3) is 0 Å². The molecule has 1 N–H and O–H groups in total. The van der Waals surface area contributed by atoms with Gasteiger partial charge in [0.1, 0.15) is 5.82 Å². The fraction of sp³-hybridized carbons (Fsp3) is 0.600. The van der Waals surface area contributed by atoms with Crippen molar-refractivity contribution >= 4 is 11.6 Å². The molecule has 5 heteroatoms. The molecule has 112 valence electrons. The Balaban J connectivity index is 2.02. The van der Waals surface area contributed by atoms with Crippen LogP contribution in [0.3, 0.4) is 0 Å². The Morgan fingerprint density at radius 3 is 3.10 bits per heavy atom. The molecule has 0 aromatic heterocycles. The van der Waals surface area contributed by atoms with Crippen molar-refractivity contribution in [1.82, 2.24) is 5.32 Å². The first-order valence-corrected chi connectivity index (χ1v) is 7.36. The molecule has 20 heavy (non-hydrogen) atoms. The molecule has 2 unspecified atom stereocenters. The van der Waals surface area contributed by atoms with Crippen LogP contribution in [0.4, 0.5) is 4.39 Å². The van der Waals surface area contributed by atoms with Gasteiger partial charge >= 0.3 is 0 Å². The number of methoxy groups -OCH3 is 1. The molecule has 1 aliphatic rings. The van der Waals surface area contributed by atoms with Crippen LogP contribution >= 0.6 is 11.6 Å². The molecule has 0 amide bonds. The van der Waals surface area contributed by atoms with Crippen LogP contribution in [0, 0.1) is 11.7 Å². The monoisotopic (exact) mass is 301 g/mol. The lowest BCUT2D eigenvalue weighted by molar-refractivity contribution is -0.0299. The van der Waals surface area contributed by atoms with E-state index in [2.05, 4.69) is 5.32 Å². The summed E-state index contributed by atoms with van der Waals surface area (Å²) in [6.07, 6.45) is 1.85. The van der Waals surface area contributed by atoms with Gasteiger partial charge in [-0.1, -0.05) is 17.7 Å². The standard InChI is InChI=1S/C15H21ClFNO2/c1-19-8-6-18-10-11-3-2-7-20-15(11)13-5-4-12(16)9-14(13)17/h4-5,9,11,15,18H,2-3,6-8,10H2,1H3. The Hall–Kier alpha value is -0.680. The van der Waals surface area contributed by atoms with E-state index < -0.39 is 0 Å². The second-order valence-electron chi connectivity index (χ2n) is 5.06. The summed E-state index contributed by atoms with van der Waals surface area (Å²) in [6.45, 7) is 2.95. The Labute approximate surface area is 124 Å². The maximum absolute atomic E-state index is 14.0. The minimum atomic E-state index is -0.286. The first-order valence-electron chi connectivity index (χ1n) is 6.98. The molecule has 0 saturated carbocycles. The van der Waals surface area contributed by atoms with E-state index in [1.165, 1.54) is 6.07 Å². The Bertz CT molecular complexity index is 430. The molecule has 2 atom stereocenters. The van der Waals surface area contributed by atoms with Gasteiger partial charge in [0.15, 0.2) is 0 Å². The number of halogens is 2. The summed E-state index contributed by atoms with van der Waals surface area (Å²) in [7, 11) is 1.68. The molecule has 1 saturated heterocycles. The highest BCUT2D eigenvalue weighted by Gasteiger charge is 2.29. The van der Waals surface area contributed by atoms with Gasteiger partial charge in [0.05, 0.1) is 12.7 Å². The summed E-state index contributed by atoms with van der Waals surface area (Å²) in [6, 6.07) is 4.80. The molecular formula is C15H21ClFNO2. The zero-order valence-corrected chi connectivity index (χ0v) is 12.5. The molecular weight excluding hydrogens is 281 g/mol. The second-order valence-corrected chi connectivity index (χ2v) is 5.49. The third kappa shape index (κ3) is 4.16. The highest BCUT2D eigenvalue weighted by atomic mass is 35.5. The fourth-order valence-electron chi connectivity index (χ4n) is 2.59. The van der Waals surface area contributed by atoms with E-state index in [0.29, 0.717) is 23.8 Å². The van der Waals surface area contributed by atoms with Crippen molar-refractivity contribution in [3.63, 3.8) is 0 Å². The predicted molar refractivity (Wildman–Crippen MR) is 77.6 cm³/mol. The number of rotatable bonds is 6. The van der Waals surface area contributed by atoms with E-state index in [1.807, 2.05) is 0 Å². The van der Waals surface area contributed by atoms with Crippen molar-refractivity contribution in [2.75, 3.05) is 33.4 Å². The number of ether oxygens (including phenoxy) is 2. The first kappa shape index (κ1) is 15.7. The van der Waals surface area contributed by atoms with Gasteiger partial charge < -0.3 is 14.8 Å². The fourth-order valence-corrected chi connectivity index (χ4v) is 2.75. The summed E-state index contributed by atoms with van der Waals surface area (Å²) >= 11 is 5.80. The van der Waals surface area contributed by atoms with Crippen molar-refractivity contribution in [2.24, 2.45) is 5.92 Å². The molecule has 1 fully saturated rings. The SMILES string of the molecule is COCCNCC1CCCOC1c1ccc(Cl)cc1F. The first-order chi connectivity index (χ1) is 9.72. The number of benzene rings is 1. The van der Waals surface area contributed by atoms with E-state index in [4.69, 9.17) is 21.1 Å². The summed E-state index contributed by atoms with van der Waals surface area (Å²) < 4.78 is 24.9. The van der Waals surface area contributed by atoms with Crippen LogP contribution < -0.4 is 5.32 Å². The Morgan fingerprint density at radius 1 is 1.50 bits per heavy atom. The van der Waals surface area contributed by atoms with Crippen LogP contribution in [-0.4, -0.2) is 33.4 Å². The van der Waals surface area contributed by atoms with Gasteiger partial charge in [0, 0.05) is 43.3 Å². The maximum Gasteiger partial charge on any atom is 0.130 e. The van der Waals surface area contributed by atoms with Gasteiger partial charge in [-0.25, -0.2) is 4.39 Å². The zero-order valence-electron chi connectivity index (χ0n) is 11.7. The number of hydrogen-bond acceptors (Lipinski definition) is 3. The molecule has 1 aromatic rings. The van der Waals surface area contributed by atoms with Crippen LogP contribution in [0.1, 0.15) is 24.5 Å². The molecule has 0 bridgehead atoms. The molecule has 1 aromatic carbocycles. The average molecular weight is 302 g/mol. The largest absolute Gasteiger partial charge is 0.383 e. The summed E-state index contributed by atoms with van der Waals surface area (Å²) in [5, 5.41) is 3.75. The van der Waals surface area contributed by atoms with E-state index >= 15 is 0 Å². The minimum absolute atomic E-state index is 0.198. The minimum Gasteiger partial charge on any atom is -0.383 e. The number of hydrogen-bond donors (Lipinski definition) is 1. The molecule has 0 aliphatic carbocycles. The van der Waals surface area contributed by atoms with Crippen LogP contribution in [-0.2, 0) is 9.47 Å². The smallest absolute Gasteiger partial charge is 0.130 e. The normalized spacial score (nSPS) is 22.9. The van der Waals surface area contributed by atoms with Gasteiger partial charge in [-0.15, -0.1) is 0 Å². The van der Waals surface area contributed by atoms with Gasteiger partial charge in [0.2, 0.25) is 0 Å². The van der Waals surface area contributed by atoms with Gasteiger partial charge in [-0.05, 0) is 25.0 Å². The third-order valence-corrected chi connectivity index (χ3v) is 3.84. The lowest BCUT2D eigenvalue weighted by Crippen LogP contribution is -2.33. The van der Waals surface area contributed by atoms with Gasteiger partial charge in [-0.2, -0.15) is 0 Å². The third-order valence-electron chi connectivity index (χ3n) is 3.60. The van der Waals surface area contributed by atoms with E-state index in [0.717, 1.165) is 25.9 Å². The number of nitrogens with one attached hydrogen (secondary N) is 1. The Kier molecular flexibility index (Phi) is 6.23. The zero-order chi connectivity index (χ0) is 14.4. The van der Waals surface area contributed by atoms with E-state index in [1.54, 1.807) is 19.2 Å². The molecule has 2 rings (SSSR count). The van der Waals surface area contributed by atoms with Crippen molar-refractivity contribution in [1.29, 1.82) is 0 Å². The van der Waals surface area contributed by atoms with Crippen LogP contribution in [0.2, 0.25) is 5.02 Å². The summed E-state index contributed by atoms with van der Waals surface area (Å²) in [5.74, 6) is -0.0115. The molecule has 0 spiro atoms. The highest BCUT2D eigenvalue weighted by Crippen LogP contribution is 2.35. The average Bonchev–Trinajstić information content (AvgIpc) is 2.44.